The predicted molar refractivity (Wildman–Crippen MR) is 136 cm³/mol. The number of hydrogen-bond acceptors (Lipinski definition) is 4. The Morgan fingerprint density at radius 3 is 2.47 bits per heavy atom. The standard InChI is InChI=1S/C23H39N5O.HI/c1-18(2)21(28-13-11-27(4)12-14-28)16-26-23(24-3)25-15-20-7-5-6-8-22(20)29-17-19-9-10-19;/h5-8,18-19,21H,9-17H2,1-4H3,(H2,24,25,26);1H. The molecule has 1 aromatic carbocycles. The number of ether oxygens (including phenoxy) is 1. The van der Waals surface area contributed by atoms with Crippen LogP contribution in [0.4, 0.5) is 0 Å². The van der Waals surface area contributed by atoms with Crippen LogP contribution in [0.5, 0.6) is 5.75 Å². The zero-order chi connectivity index (χ0) is 20.6. The number of aliphatic imine (C=N–C) groups is 1. The summed E-state index contributed by atoms with van der Waals surface area (Å²) in [6.45, 7) is 11.6. The van der Waals surface area contributed by atoms with Crippen LogP contribution < -0.4 is 15.4 Å². The van der Waals surface area contributed by atoms with Gasteiger partial charge in [0.1, 0.15) is 5.75 Å². The molecule has 1 saturated heterocycles. The fraction of sp³-hybridized carbons (Fsp3) is 0.696. The Morgan fingerprint density at radius 1 is 1.13 bits per heavy atom. The largest absolute Gasteiger partial charge is 0.493 e. The van der Waals surface area contributed by atoms with Gasteiger partial charge < -0.3 is 20.3 Å². The molecule has 0 radical (unpaired) electrons. The average Bonchev–Trinajstić information content (AvgIpc) is 3.55. The van der Waals surface area contributed by atoms with E-state index >= 15 is 0 Å². The highest BCUT2D eigenvalue weighted by Crippen LogP contribution is 2.30. The molecule has 1 aliphatic heterocycles. The summed E-state index contributed by atoms with van der Waals surface area (Å²) in [6.07, 6.45) is 2.61. The zero-order valence-corrected chi connectivity index (χ0v) is 21.4. The number of para-hydroxylation sites is 1. The topological polar surface area (TPSA) is 52.1 Å². The molecule has 3 rings (SSSR count). The summed E-state index contributed by atoms with van der Waals surface area (Å²) in [5, 5.41) is 7.02. The number of nitrogens with one attached hydrogen (secondary N) is 2. The van der Waals surface area contributed by atoms with E-state index in [-0.39, 0.29) is 24.0 Å². The van der Waals surface area contributed by atoms with Crippen molar-refractivity contribution in [2.45, 2.75) is 39.3 Å². The van der Waals surface area contributed by atoms with Gasteiger partial charge in [-0.3, -0.25) is 9.89 Å². The van der Waals surface area contributed by atoms with Crippen molar-refractivity contribution >= 4 is 29.9 Å². The Morgan fingerprint density at radius 2 is 1.83 bits per heavy atom. The second-order valence-corrected chi connectivity index (χ2v) is 8.82. The molecular formula is C23H40IN5O. The molecule has 1 heterocycles. The number of nitrogens with zero attached hydrogens (tertiary/aromatic N) is 3. The van der Waals surface area contributed by atoms with Crippen molar-refractivity contribution in [3.63, 3.8) is 0 Å². The van der Waals surface area contributed by atoms with E-state index in [1.807, 2.05) is 13.1 Å². The third kappa shape index (κ3) is 7.89. The third-order valence-corrected chi connectivity index (χ3v) is 6.07. The lowest BCUT2D eigenvalue weighted by atomic mass is 10.0. The van der Waals surface area contributed by atoms with Crippen LogP contribution in [0.15, 0.2) is 29.3 Å². The van der Waals surface area contributed by atoms with Crippen LogP contribution in [0.3, 0.4) is 0 Å². The van der Waals surface area contributed by atoms with Crippen molar-refractivity contribution in [2.75, 3.05) is 53.4 Å². The zero-order valence-electron chi connectivity index (χ0n) is 19.1. The van der Waals surface area contributed by atoms with Gasteiger partial charge in [0.15, 0.2) is 5.96 Å². The first-order chi connectivity index (χ1) is 14.1. The smallest absolute Gasteiger partial charge is 0.191 e. The van der Waals surface area contributed by atoms with Gasteiger partial charge in [0.25, 0.3) is 0 Å². The molecular weight excluding hydrogens is 489 g/mol. The number of benzene rings is 1. The molecule has 1 aromatic rings. The van der Waals surface area contributed by atoms with Gasteiger partial charge in [-0.25, -0.2) is 0 Å². The highest BCUT2D eigenvalue weighted by atomic mass is 127. The molecule has 1 aliphatic carbocycles. The van der Waals surface area contributed by atoms with Crippen LogP contribution >= 0.6 is 24.0 Å². The second-order valence-electron chi connectivity index (χ2n) is 8.82. The summed E-state index contributed by atoms with van der Waals surface area (Å²) < 4.78 is 6.03. The number of halogens is 1. The minimum atomic E-state index is 0. The van der Waals surface area contributed by atoms with Gasteiger partial charge in [0.05, 0.1) is 6.61 Å². The Hall–Kier alpha value is -1.06. The second kappa shape index (κ2) is 12.7. The molecule has 7 heteroatoms. The first kappa shape index (κ1) is 25.2. The molecule has 1 saturated carbocycles. The van der Waals surface area contributed by atoms with Crippen LogP contribution in [-0.4, -0.2) is 75.2 Å². The number of likely N-dealkylation sites (N-methyl/N-ethyl adjacent to an activating group) is 1. The lowest BCUT2D eigenvalue weighted by Gasteiger charge is -2.40. The van der Waals surface area contributed by atoms with Gasteiger partial charge in [-0.05, 0) is 37.8 Å². The van der Waals surface area contributed by atoms with E-state index in [4.69, 9.17) is 4.74 Å². The number of guanidine groups is 1. The SMILES string of the molecule is CN=C(NCc1ccccc1OCC1CC1)NCC(C(C)C)N1CCN(C)CC1.I. The van der Waals surface area contributed by atoms with Crippen molar-refractivity contribution in [2.24, 2.45) is 16.8 Å². The van der Waals surface area contributed by atoms with Crippen LogP contribution in [-0.2, 0) is 6.54 Å². The van der Waals surface area contributed by atoms with E-state index in [1.165, 1.54) is 18.4 Å². The quantitative estimate of drug-likeness (QED) is 0.293. The van der Waals surface area contributed by atoms with Crippen molar-refractivity contribution < 1.29 is 4.74 Å². The number of hydrogen-bond donors (Lipinski definition) is 2. The van der Waals surface area contributed by atoms with Crippen molar-refractivity contribution in [3.8, 4) is 5.75 Å². The summed E-state index contributed by atoms with van der Waals surface area (Å²) in [5.41, 5.74) is 1.18. The van der Waals surface area contributed by atoms with Gasteiger partial charge in [-0.15, -0.1) is 24.0 Å². The van der Waals surface area contributed by atoms with Crippen molar-refractivity contribution in [3.05, 3.63) is 29.8 Å². The number of rotatable bonds is 9. The highest BCUT2D eigenvalue weighted by Gasteiger charge is 2.25. The first-order valence-corrected chi connectivity index (χ1v) is 11.1. The Balaban J connectivity index is 0.00000320. The van der Waals surface area contributed by atoms with E-state index in [0.29, 0.717) is 18.5 Å². The van der Waals surface area contributed by atoms with Crippen LogP contribution in [0.1, 0.15) is 32.3 Å². The van der Waals surface area contributed by atoms with Crippen molar-refractivity contribution in [1.82, 2.24) is 20.4 Å². The molecule has 2 fully saturated rings. The summed E-state index contributed by atoms with van der Waals surface area (Å²) in [7, 11) is 4.04. The lowest BCUT2D eigenvalue weighted by molar-refractivity contribution is 0.0900. The van der Waals surface area contributed by atoms with Gasteiger partial charge in [0, 0.05) is 57.9 Å². The van der Waals surface area contributed by atoms with E-state index in [9.17, 15) is 0 Å². The lowest BCUT2D eigenvalue weighted by Crippen LogP contribution is -2.55. The van der Waals surface area contributed by atoms with E-state index in [1.54, 1.807) is 0 Å². The fourth-order valence-corrected chi connectivity index (χ4v) is 3.82. The summed E-state index contributed by atoms with van der Waals surface area (Å²) in [5.74, 6) is 3.19. The van der Waals surface area contributed by atoms with Crippen molar-refractivity contribution in [1.29, 1.82) is 0 Å². The molecule has 1 unspecified atom stereocenters. The summed E-state index contributed by atoms with van der Waals surface area (Å²) in [4.78, 5) is 9.46. The van der Waals surface area contributed by atoms with Gasteiger partial charge >= 0.3 is 0 Å². The Kier molecular flexibility index (Phi) is 10.7. The molecule has 0 bridgehead atoms. The predicted octanol–water partition coefficient (Wildman–Crippen LogP) is 3.03. The van der Waals surface area contributed by atoms with Crippen LogP contribution in [0.2, 0.25) is 0 Å². The minimum Gasteiger partial charge on any atom is -0.493 e. The molecule has 2 aliphatic rings. The monoisotopic (exact) mass is 529 g/mol. The maximum atomic E-state index is 6.03. The first-order valence-electron chi connectivity index (χ1n) is 11.1. The fourth-order valence-electron chi connectivity index (χ4n) is 3.82. The number of piperazine rings is 1. The molecule has 2 N–H and O–H groups in total. The van der Waals surface area contributed by atoms with Crippen LogP contribution in [0.25, 0.3) is 0 Å². The van der Waals surface area contributed by atoms with E-state index in [0.717, 1.165) is 57.0 Å². The molecule has 1 atom stereocenters. The highest BCUT2D eigenvalue weighted by molar-refractivity contribution is 14.0. The summed E-state index contributed by atoms with van der Waals surface area (Å²) >= 11 is 0. The van der Waals surface area contributed by atoms with Crippen LogP contribution in [0, 0.1) is 11.8 Å². The molecule has 30 heavy (non-hydrogen) atoms. The van der Waals surface area contributed by atoms with E-state index < -0.39 is 0 Å². The molecule has 6 nitrogen and oxygen atoms in total. The Labute approximate surface area is 199 Å². The minimum absolute atomic E-state index is 0. The molecule has 170 valence electrons. The normalized spacial score (nSPS) is 19.3. The van der Waals surface area contributed by atoms with E-state index in [2.05, 4.69) is 64.5 Å². The van der Waals surface area contributed by atoms with Gasteiger partial charge in [0.2, 0.25) is 0 Å². The maximum Gasteiger partial charge on any atom is 0.191 e. The molecule has 0 spiro atoms. The molecule has 0 amide bonds. The molecule has 0 aromatic heterocycles. The average molecular weight is 530 g/mol. The van der Waals surface area contributed by atoms with Gasteiger partial charge in [-0.1, -0.05) is 32.0 Å². The maximum absolute atomic E-state index is 6.03. The summed E-state index contributed by atoms with van der Waals surface area (Å²) in [6, 6.07) is 8.82. The third-order valence-electron chi connectivity index (χ3n) is 6.07. The Bertz CT molecular complexity index is 657. The van der Waals surface area contributed by atoms with Gasteiger partial charge in [-0.2, -0.15) is 0 Å².